The van der Waals surface area contributed by atoms with E-state index in [1.165, 1.54) is 16.8 Å². The Hall–Kier alpha value is -1.23. The molecule has 0 aliphatic carbocycles. The monoisotopic (exact) mass is 357 g/mol. The lowest BCUT2D eigenvalue weighted by Crippen LogP contribution is -2.53. The molecule has 1 atom stereocenters. The zero-order chi connectivity index (χ0) is 14.8. The molecule has 0 bridgehead atoms. The van der Waals surface area contributed by atoms with Gasteiger partial charge < -0.3 is 9.80 Å². The molecule has 1 fully saturated rings. The predicted octanol–water partition coefficient (Wildman–Crippen LogP) is 2.32. The molecule has 6 heteroatoms. The molecule has 1 N–H and O–H groups in total. The number of piperazine rings is 1. The summed E-state index contributed by atoms with van der Waals surface area (Å²) < 4.78 is 0. The summed E-state index contributed by atoms with van der Waals surface area (Å²) in [5.74, 6) is 0.212. The lowest BCUT2D eigenvalue weighted by Gasteiger charge is -2.37. The number of benzene rings is 1. The average molecular weight is 358 g/mol. The highest BCUT2D eigenvalue weighted by molar-refractivity contribution is 5.86. The molecule has 1 amide bonds. The normalized spacial score (nSPS) is 20.0. The minimum atomic E-state index is -0.114. The van der Waals surface area contributed by atoms with Crippen molar-refractivity contribution in [2.24, 2.45) is 0 Å². The first-order valence-electron chi connectivity index (χ1n) is 7.67. The van der Waals surface area contributed by atoms with Crippen molar-refractivity contribution in [3.05, 3.63) is 41.5 Å². The van der Waals surface area contributed by atoms with E-state index in [2.05, 4.69) is 42.3 Å². The fourth-order valence-electron chi connectivity index (χ4n) is 3.08. The van der Waals surface area contributed by atoms with Gasteiger partial charge in [-0.3, -0.25) is 10.1 Å². The number of aryl methyl sites for hydroxylation is 1. The van der Waals surface area contributed by atoms with Crippen molar-refractivity contribution in [1.29, 1.82) is 0 Å². The van der Waals surface area contributed by atoms with Crippen LogP contribution in [0.2, 0.25) is 0 Å². The molecule has 0 spiro atoms. The second kappa shape index (κ2) is 8.57. The number of rotatable bonds is 2. The largest absolute Gasteiger partial charge is 0.368 e. The topological polar surface area (TPSA) is 35.6 Å². The number of nitrogens with one attached hydrogen (secondary N) is 1. The summed E-state index contributed by atoms with van der Waals surface area (Å²) in [6.45, 7) is 8.56. The molecule has 128 valence electrons. The van der Waals surface area contributed by atoms with Crippen LogP contribution < -0.4 is 10.2 Å². The first-order chi connectivity index (χ1) is 10.2. The second-order valence-corrected chi connectivity index (χ2v) is 5.85. The summed E-state index contributed by atoms with van der Waals surface area (Å²) in [4.78, 5) is 16.7. The van der Waals surface area contributed by atoms with Crippen molar-refractivity contribution in [3.8, 4) is 0 Å². The van der Waals surface area contributed by atoms with Gasteiger partial charge in [0, 0.05) is 38.4 Å². The van der Waals surface area contributed by atoms with E-state index in [4.69, 9.17) is 0 Å². The second-order valence-electron chi connectivity index (χ2n) is 5.85. The molecule has 1 aromatic carbocycles. The van der Waals surface area contributed by atoms with Crippen LogP contribution in [-0.4, -0.2) is 49.6 Å². The van der Waals surface area contributed by atoms with Crippen LogP contribution in [0.3, 0.4) is 0 Å². The van der Waals surface area contributed by atoms with E-state index >= 15 is 0 Å². The highest BCUT2D eigenvalue weighted by Crippen LogP contribution is 2.24. The summed E-state index contributed by atoms with van der Waals surface area (Å²) in [6.07, 6.45) is 3.99. The van der Waals surface area contributed by atoms with Crippen LogP contribution in [0.15, 0.2) is 30.4 Å². The van der Waals surface area contributed by atoms with Crippen LogP contribution in [0.5, 0.6) is 0 Å². The molecule has 1 aromatic rings. The van der Waals surface area contributed by atoms with Gasteiger partial charge in [0.15, 0.2) is 0 Å². The Kier molecular flexibility index (Phi) is 7.39. The molecule has 2 aliphatic heterocycles. The van der Waals surface area contributed by atoms with Crippen molar-refractivity contribution in [2.45, 2.75) is 19.9 Å². The van der Waals surface area contributed by atoms with Crippen LogP contribution in [-0.2, 0) is 4.79 Å². The maximum atomic E-state index is 12.4. The van der Waals surface area contributed by atoms with Gasteiger partial charge in [0.25, 0.3) is 0 Å². The fourth-order valence-corrected chi connectivity index (χ4v) is 3.08. The summed E-state index contributed by atoms with van der Waals surface area (Å²) >= 11 is 0. The van der Waals surface area contributed by atoms with Crippen molar-refractivity contribution in [2.75, 3.05) is 37.6 Å². The molecule has 1 saturated heterocycles. The molecule has 2 heterocycles. The third-order valence-electron chi connectivity index (χ3n) is 4.56. The minimum absolute atomic E-state index is 0. The van der Waals surface area contributed by atoms with Crippen LogP contribution in [0.4, 0.5) is 5.69 Å². The molecule has 3 rings (SSSR count). The fraction of sp³-hybridized carbons (Fsp3) is 0.471. The number of hydrogen-bond donors (Lipinski definition) is 1. The molecule has 2 aliphatic rings. The number of anilines is 1. The number of halogens is 2. The zero-order valence-corrected chi connectivity index (χ0v) is 15.3. The number of nitrogens with zero attached hydrogens (tertiary/aromatic N) is 2. The van der Waals surface area contributed by atoms with Crippen molar-refractivity contribution in [3.63, 3.8) is 0 Å². The predicted molar refractivity (Wildman–Crippen MR) is 100 cm³/mol. The van der Waals surface area contributed by atoms with E-state index in [0.717, 1.165) is 32.7 Å². The van der Waals surface area contributed by atoms with E-state index in [-0.39, 0.29) is 36.8 Å². The van der Waals surface area contributed by atoms with Gasteiger partial charge in [-0.15, -0.1) is 24.8 Å². The summed E-state index contributed by atoms with van der Waals surface area (Å²) in [5, 5.41) is 3.20. The first kappa shape index (κ1) is 19.8. The van der Waals surface area contributed by atoms with E-state index in [9.17, 15) is 4.79 Å². The first-order valence-corrected chi connectivity index (χ1v) is 7.67. The third kappa shape index (κ3) is 4.19. The Bertz CT molecular complexity index is 569. The van der Waals surface area contributed by atoms with Crippen LogP contribution in [0, 0.1) is 13.8 Å². The standard InChI is InChI=1S/C17H23N3O.2ClH/c1-13-5-3-7-16(14(13)2)19-9-11-20(12-10-19)17(21)15-6-4-8-18-15;;/h3-7,15,18H,8-12H2,1-2H3;2*1H. The van der Waals surface area contributed by atoms with E-state index in [1.54, 1.807) is 0 Å². The Labute approximate surface area is 150 Å². The minimum Gasteiger partial charge on any atom is -0.368 e. The highest BCUT2D eigenvalue weighted by atomic mass is 35.5. The SMILES string of the molecule is Cc1cccc(N2CCN(C(=O)C3C=CCN3)CC2)c1C.Cl.Cl. The zero-order valence-electron chi connectivity index (χ0n) is 13.6. The Morgan fingerprint density at radius 2 is 1.83 bits per heavy atom. The van der Waals surface area contributed by atoms with Gasteiger partial charge >= 0.3 is 0 Å². The van der Waals surface area contributed by atoms with Gasteiger partial charge in [-0.2, -0.15) is 0 Å². The van der Waals surface area contributed by atoms with Crippen molar-refractivity contribution < 1.29 is 4.79 Å². The van der Waals surface area contributed by atoms with E-state index < -0.39 is 0 Å². The highest BCUT2D eigenvalue weighted by Gasteiger charge is 2.27. The third-order valence-corrected chi connectivity index (χ3v) is 4.56. The summed E-state index contributed by atoms with van der Waals surface area (Å²) in [6, 6.07) is 6.33. The van der Waals surface area contributed by atoms with Gasteiger partial charge in [0.05, 0.1) is 0 Å². The maximum Gasteiger partial charge on any atom is 0.243 e. The number of carbonyl (C=O) groups is 1. The van der Waals surface area contributed by atoms with Gasteiger partial charge in [-0.05, 0) is 31.0 Å². The van der Waals surface area contributed by atoms with E-state index in [1.807, 2.05) is 17.1 Å². The van der Waals surface area contributed by atoms with Crippen LogP contribution >= 0.6 is 24.8 Å². The maximum absolute atomic E-state index is 12.4. The molecular formula is C17H25Cl2N3O. The van der Waals surface area contributed by atoms with Crippen molar-refractivity contribution in [1.82, 2.24) is 10.2 Å². The molecule has 1 unspecified atom stereocenters. The molecule has 4 nitrogen and oxygen atoms in total. The lowest BCUT2D eigenvalue weighted by molar-refractivity contribution is -0.132. The van der Waals surface area contributed by atoms with Crippen LogP contribution in [0.1, 0.15) is 11.1 Å². The van der Waals surface area contributed by atoms with Gasteiger partial charge in [-0.1, -0.05) is 24.3 Å². The average Bonchev–Trinajstić information content (AvgIpc) is 3.04. The number of carbonyl (C=O) groups excluding carboxylic acids is 1. The number of amides is 1. The smallest absolute Gasteiger partial charge is 0.243 e. The lowest BCUT2D eigenvalue weighted by atomic mass is 10.1. The Balaban J connectivity index is 0.00000132. The number of hydrogen-bond acceptors (Lipinski definition) is 3. The summed E-state index contributed by atoms with van der Waals surface area (Å²) in [7, 11) is 0. The van der Waals surface area contributed by atoms with Gasteiger partial charge in [0.1, 0.15) is 6.04 Å². The Morgan fingerprint density at radius 1 is 1.13 bits per heavy atom. The molecule has 0 saturated carbocycles. The molecular weight excluding hydrogens is 333 g/mol. The Morgan fingerprint density at radius 3 is 2.43 bits per heavy atom. The molecule has 23 heavy (non-hydrogen) atoms. The van der Waals surface area contributed by atoms with Gasteiger partial charge in [0.2, 0.25) is 5.91 Å². The quantitative estimate of drug-likeness (QED) is 0.825. The van der Waals surface area contributed by atoms with Gasteiger partial charge in [-0.25, -0.2) is 0 Å². The van der Waals surface area contributed by atoms with Crippen LogP contribution in [0.25, 0.3) is 0 Å². The van der Waals surface area contributed by atoms with E-state index in [0.29, 0.717) is 0 Å². The molecule has 0 radical (unpaired) electrons. The summed E-state index contributed by atoms with van der Waals surface area (Å²) in [5.41, 5.74) is 3.98. The van der Waals surface area contributed by atoms with Crippen molar-refractivity contribution >= 4 is 36.4 Å². The molecule has 0 aromatic heterocycles.